The van der Waals surface area contributed by atoms with E-state index in [-0.39, 0.29) is 18.7 Å². The van der Waals surface area contributed by atoms with Crippen LogP contribution in [0.2, 0.25) is 0 Å². The lowest BCUT2D eigenvalue weighted by atomic mass is 9.99. The van der Waals surface area contributed by atoms with Gasteiger partial charge in [-0.25, -0.2) is 4.79 Å². The van der Waals surface area contributed by atoms with E-state index in [2.05, 4.69) is 22.3 Å². The van der Waals surface area contributed by atoms with Gasteiger partial charge in [0.05, 0.1) is 18.7 Å². The fourth-order valence-electron chi connectivity index (χ4n) is 3.18. The third kappa shape index (κ3) is 2.51. The average molecular weight is 275 g/mol. The van der Waals surface area contributed by atoms with Gasteiger partial charge in [0.15, 0.2) is 0 Å². The second-order valence-electron chi connectivity index (χ2n) is 5.73. The summed E-state index contributed by atoms with van der Waals surface area (Å²) in [6.45, 7) is 2.91. The Balaban J connectivity index is 1.61. The van der Waals surface area contributed by atoms with Crippen molar-refractivity contribution < 1.29 is 9.90 Å². The number of hydrogen-bond donors (Lipinski definition) is 2. The Morgan fingerprint density at radius 3 is 2.70 bits per heavy atom. The fourth-order valence-corrected chi connectivity index (χ4v) is 3.18. The predicted octanol–water partition coefficient (Wildman–Crippen LogP) is 0.777. The number of nitrogens with one attached hydrogen (secondary N) is 1. The van der Waals surface area contributed by atoms with E-state index in [1.54, 1.807) is 0 Å². The number of benzene rings is 1. The zero-order valence-corrected chi connectivity index (χ0v) is 11.7. The number of carbonyl (C=O) groups excluding carboxylic acids is 1. The summed E-state index contributed by atoms with van der Waals surface area (Å²) in [5, 5.41) is 12.1. The van der Waals surface area contributed by atoms with Crippen molar-refractivity contribution >= 4 is 6.03 Å². The van der Waals surface area contributed by atoms with Gasteiger partial charge in [-0.1, -0.05) is 24.3 Å². The number of hydrogen-bond acceptors (Lipinski definition) is 3. The van der Waals surface area contributed by atoms with Crippen LogP contribution in [0, 0.1) is 0 Å². The van der Waals surface area contributed by atoms with Gasteiger partial charge in [-0.3, -0.25) is 4.90 Å². The molecule has 2 amide bonds. The van der Waals surface area contributed by atoms with E-state index in [4.69, 9.17) is 5.11 Å². The van der Waals surface area contributed by atoms with Crippen LogP contribution in [0.25, 0.3) is 0 Å². The van der Waals surface area contributed by atoms with Crippen molar-refractivity contribution in [3.63, 3.8) is 0 Å². The lowest BCUT2D eigenvalue weighted by Crippen LogP contribution is -2.50. The lowest BCUT2D eigenvalue weighted by molar-refractivity contribution is 0.147. The number of amides is 2. The van der Waals surface area contributed by atoms with Crippen molar-refractivity contribution in [3.05, 3.63) is 35.4 Å². The van der Waals surface area contributed by atoms with Gasteiger partial charge < -0.3 is 15.3 Å². The Kier molecular flexibility index (Phi) is 3.63. The molecule has 2 atom stereocenters. The third-order valence-corrected chi connectivity index (χ3v) is 4.40. The van der Waals surface area contributed by atoms with Gasteiger partial charge in [-0.05, 0) is 17.5 Å². The number of likely N-dealkylation sites (N-methyl/N-ethyl adjacent to an activating group) is 1. The monoisotopic (exact) mass is 275 g/mol. The highest BCUT2D eigenvalue weighted by Crippen LogP contribution is 2.22. The van der Waals surface area contributed by atoms with Gasteiger partial charge in [0.25, 0.3) is 0 Å². The SMILES string of the molecule is CN1C(=O)N[C@@H]2CN(Cc3ccc(CO)cc3)CC[C@@H]21. The van der Waals surface area contributed by atoms with Gasteiger partial charge in [0.2, 0.25) is 0 Å². The molecule has 5 nitrogen and oxygen atoms in total. The van der Waals surface area contributed by atoms with E-state index < -0.39 is 0 Å². The van der Waals surface area contributed by atoms with Crippen LogP contribution in [-0.2, 0) is 13.2 Å². The number of aliphatic hydroxyl groups excluding tert-OH is 1. The number of aliphatic hydroxyl groups is 1. The van der Waals surface area contributed by atoms with Crippen LogP contribution in [0.4, 0.5) is 4.79 Å². The molecule has 1 aromatic carbocycles. The van der Waals surface area contributed by atoms with Crippen LogP contribution >= 0.6 is 0 Å². The number of piperidine rings is 1. The summed E-state index contributed by atoms with van der Waals surface area (Å²) in [5.41, 5.74) is 2.19. The standard InChI is InChI=1S/C15H21N3O2/c1-17-14-6-7-18(9-13(14)16-15(17)20)8-11-2-4-12(10-19)5-3-11/h2-5,13-14,19H,6-10H2,1H3,(H,16,20)/t13-,14+/m1/s1. The fraction of sp³-hybridized carbons (Fsp3) is 0.533. The minimum absolute atomic E-state index is 0.0501. The van der Waals surface area contributed by atoms with Crippen molar-refractivity contribution in [3.8, 4) is 0 Å². The maximum Gasteiger partial charge on any atom is 0.317 e. The first-order valence-electron chi connectivity index (χ1n) is 7.12. The van der Waals surface area contributed by atoms with Crippen molar-refractivity contribution in [2.75, 3.05) is 20.1 Å². The molecule has 2 heterocycles. The number of carbonyl (C=O) groups is 1. The van der Waals surface area contributed by atoms with Crippen molar-refractivity contribution in [2.24, 2.45) is 0 Å². The molecule has 2 aliphatic heterocycles. The molecule has 2 saturated heterocycles. The highest BCUT2D eigenvalue weighted by molar-refractivity contribution is 5.77. The smallest absolute Gasteiger partial charge is 0.317 e. The first-order valence-corrected chi connectivity index (χ1v) is 7.12. The second kappa shape index (κ2) is 5.42. The summed E-state index contributed by atoms with van der Waals surface area (Å²) < 4.78 is 0. The number of nitrogens with zero attached hydrogens (tertiary/aromatic N) is 2. The molecular weight excluding hydrogens is 254 g/mol. The molecule has 2 N–H and O–H groups in total. The summed E-state index contributed by atoms with van der Waals surface area (Å²) >= 11 is 0. The molecule has 1 aromatic rings. The highest BCUT2D eigenvalue weighted by Gasteiger charge is 2.40. The number of likely N-dealkylation sites (tertiary alicyclic amines) is 1. The van der Waals surface area contributed by atoms with Gasteiger partial charge in [-0.2, -0.15) is 0 Å². The number of fused-ring (bicyclic) bond motifs is 1. The molecule has 0 saturated carbocycles. The maximum atomic E-state index is 11.6. The summed E-state index contributed by atoms with van der Waals surface area (Å²) in [4.78, 5) is 15.9. The molecule has 0 bridgehead atoms. The van der Waals surface area contributed by atoms with Crippen LogP contribution in [0.15, 0.2) is 24.3 Å². The molecule has 108 valence electrons. The van der Waals surface area contributed by atoms with E-state index in [0.29, 0.717) is 6.04 Å². The largest absolute Gasteiger partial charge is 0.392 e. The number of rotatable bonds is 3. The molecule has 0 unspecified atom stereocenters. The molecule has 0 aliphatic carbocycles. The molecule has 0 radical (unpaired) electrons. The van der Waals surface area contributed by atoms with Crippen molar-refractivity contribution in [1.29, 1.82) is 0 Å². The zero-order chi connectivity index (χ0) is 14.1. The van der Waals surface area contributed by atoms with Crippen molar-refractivity contribution in [2.45, 2.75) is 31.7 Å². The maximum absolute atomic E-state index is 11.6. The Bertz CT molecular complexity index is 488. The Morgan fingerprint density at radius 2 is 2.00 bits per heavy atom. The van der Waals surface area contributed by atoms with E-state index in [9.17, 15) is 4.79 Å². The van der Waals surface area contributed by atoms with E-state index in [1.165, 1.54) is 5.56 Å². The quantitative estimate of drug-likeness (QED) is 0.857. The van der Waals surface area contributed by atoms with Gasteiger partial charge >= 0.3 is 6.03 Å². The van der Waals surface area contributed by atoms with Crippen molar-refractivity contribution in [1.82, 2.24) is 15.1 Å². The van der Waals surface area contributed by atoms with E-state index in [1.807, 2.05) is 24.1 Å². The summed E-state index contributed by atoms with van der Waals surface area (Å²) in [5.74, 6) is 0. The third-order valence-electron chi connectivity index (χ3n) is 4.40. The Labute approximate surface area is 119 Å². The summed E-state index contributed by atoms with van der Waals surface area (Å²) in [6.07, 6.45) is 1.02. The highest BCUT2D eigenvalue weighted by atomic mass is 16.3. The van der Waals surface area contributed by atoms with Crippen LogP contribution in [0.5, 0.6) is 0 Å². The molecule has 0 aromatic heterocycles. The van der Waals surface area contributed by atoms with Crippen LogP contribution in [-0.4, -0.2) is 53.2 Å². The number of urea groups is 1. The van der Waals surface area contributed by atoms with E-state index in [0.717, 1.165) is 31.6 Å². The van der Waals surface area contributed by atoms with Crippen LogP contribution in [0.3, 0.4) is 0 Å². The summed E-state index contributed by atoms with van der Waals surface area (Å²) in [6, 6.07) is 8.71. The first kappa shape index (κ1) is 13.4. The zero-order valence-electron chi connectivity index (χ0n) is 11.7. The normalized spacial score (nSPS) is 26.5. The Hall–Kier alpha value is -1.59. The van der Waals surface area contributed by atoms with Gasteiger partial charge in [-0.15, -0.1) is 0 Å². The summed E-state index contributed by atoms with van der Waals surface area (Å²) in [7, 11) is 1.88. The Morgan fingerprint density at radius 1 is 1.30 bits per heavy atom. The second-order valence-corrected chi connectivity index (χ2v) is 5.73. The van der Waals surface area contributed by atoms with Crippen LogP contribution in [0.1, 0.15) is 17.5 Å². The minimum atomic E-state index is 0.0501. The van der Waals surface area contributed by atoms with Gasteiger partial charge in [0.1, 0.15) is 0 Å². The predicted molar refractivity (Wildman–Crippen MR) is 76.1 cm³/mol. The first-order chi connectivity index (χ1) is 9.67. The minimum Gasteiger partial charge on any atom is -0.392 e. The molecule has 0 spiro atoms. The average Bonchev–Trinajstić information content (AvgIpc) is 2.74. The van der Waals surface area contributed by atoms with Crippen LogP contribution < -0.4 is 5.32 Å². The van der Waals surface area contributed by atoms with E-state index >= 15 is 0 Å². The lowest BCUT2D eigenvalue weighted by Gasteiger charge is -2.35. The molecule has 2 fully saturated rings. The topological polar surface area (TPSA) is 55.8 Å². The van der Waals surface area contributed by atoms with Gasteiger partial charge in [0, 0.05) is 26.7 Å². The molecule has 3 rings (SSSR count). The molecule has 5 heteroatoms. The molecular formula is C15H21N3O2. The molecule has 2 aliphatic rings. The molecule has 20 heavy (non-hydrogen) atoms.